The fraction of sp³-hybridized carbons (Fsp3) is 0.560. The van der Waals surface area contributed by atoms with Crippen molar-refractivity contribution >= 4 is 30.0 Å². The molecule has 1 amide bonds. The Morgan fingerprint density at radius 1 is 1.05 bits per heavy atom. The van der Waals surface area contributed by atoms with Gasteiger partial charge in [-0.3, -0.25) is 35.0 Å². The van der Waals surface area contributed by atoms with Crippen LogP contribution in [0.2, 0.25) is 0 Å². The molecule has 0 saturated heterocycles. The number of aryl methyl sites for hydroxylation is 1. The fourth-order valence-electron chi connectivity index (χ4n) is 4.25. The first-order valence-corrected chi connectivity index (χ1v) is 12.6. The first-order valence-electron chi connectivity index (χ1n) is 12.6. The van der Waals surface area contributed by atoms with E-state index in [1.54, 1.807) is 0 Å². The van der Waals surface area contributed by atoms with Gasteiger partial charge in [0.15, 0.2) is 5.84 Å². The number of benzene rings is 1. The van der Waals surface area contributed by atoms with Crippen molar-refractivity contribution < 1.29 is 24.6 Å². The Kier molecular flexibility index (Phi) is 12.5. The first kappa shape index (κ1) is 29.7. The zero-order valence-electron chi connectivity index (χ0n) is 21.9. The van der Waals surface area contributed by atoms with Crippen LogP contribution in [0.25, 0.3) is 0 Å². The maximum Gasteiger partial charge on any atom is 0.320 e. The van der Waals surface area contributed by atoms with Crippen LogP contribution in [0.15, 0.2) is 28.4 Å². The summed E-state index contributed by atoms with van der Waals surface area (Å²) in [6.07, 6.45) is 3.22. The number of carbonyl (C=O) groups is 3. The SMILES string of the molecule is CCCN(CCN(CCC)C(CCC(=O)NCc1cc(C)cc(C2=NNC=NN2)c1)C(=O)O)CC(=O)O. The number of rotatable bonds is 17. The van der Waals surface area contributed by atoms with Crippen molar-refractivity contribution in [2.24, 2.45) is 10.2 Å². The summed E-state index contributed by atoms with van der Waals surface area (Å²) in [6.45, 7) is 8.15. The zero-order valence-corrected chi connectivity index (χ0v) is 21.9. The Balaban J connectivity index is 1.94. The molecule has 0 fully saturated rings. The molecule has 1 heterocycles. The van der Waals surface area contributed by atoms with Crippen molar-refractivity contribution in [3.05, 3.63) is 34.9 Å². The van der Waals surface area contributed by atoms with Crippen molar-refractivity contribution in [1.82, 2.24) is 26.0 Å². The van der Waals surface area contributed by atoms with Crippen LogP contribution in [0.4, 0.5) is 0 Å². The topological polar surface area (TPSA) is 159 Å². The predicted molar refractivity (Wildman–Crippen MR) is 141 cm³/mol. The van der Waals surface area contributed by atoms with Crippen molar-refractivity contribution in [3.63, 3.8) is 0 Å². The lowest BCUT2D eigenvalue weighted by Gasteiger charge is -2.31. The van der Waals surface area contributed by atoms with Gasteiger partial charge in [0.25, 0.3) is 0 Å². The van der Waals surface area contributed by atoms with Crippen LogP contribution in [0, 0.1) is 6.92 Å². The number of hydrazone groups is 2. The van der Waals surface area contributed by atoms with Crippen molar-refractivity contribution in [3.8, 4) is 0 Å². The number of nitrogens with zero attached hydrogens (tertiary/aromatic N) is 4. The summed E-state index contributed by atoms with van der Waals surface area (Å²) in [4.78, 5) is 39.5. The molecule has 0 saturated carbocycles. The minimum atomic E-state index is -0.984. The van der Waals surface area contributed by atoms with Gasteiger partial charge in [0.1, 0.15) is 12.4 Å². The smallest absolute Gasteiger partial charge is 0.320 e. The molecule has 0 radical (unpaired) electrons. The lowest BCUT2D eigenvalue weighted by Crippen LogP contribution is -2.46. The van der Waals surface area contributed by atoms with Gasteiger partial charge in [-0.2, -0.15) is 10.2 Å². The van der Waals surface area contributed by atoms with Crippen molar-refractivity contribution in [2.45, 2.75) is 59.0 Å². The molecule has 1 aromatic rings. The van der Waals surface area contributed by atoms with Gasteiger partial charge >= 0.3 is 11.9 Å². The van der Waals surface area contributed by atoms with Crippen LogP contribution in [-0.4, -0.2) is 88.8 Å². The summed E-state index contributed by atoms with van der Waals surface area (Å²) in [5, 5.41) is 30.0. The highest BCUT2D eigenvalue weighted by Crippen LogP contribution is 2.13. The molecule has 37 heavy (non-hydrogen) atoms. The number of carbonyl (C=O) groups excluding carboxylic acids is 1. The number of hydrogen-bond acceptors (Lipinski definition) is 9. The van der Waals surface area contributed by atoms with Gasteiger partial charge in [-0.15, -0.1) is 0 Å². The second-order valence-electron chi connectivity index (χ2n) is 9.04. The molecule has 12 heteroatoms. The zero-order chi connectivity index (χ0) is 27.2. The fourth-order valence-corrected chi connectivity index (χ4v) is 4.25. The van der Waals surface area contributed by atoms with Gasteiger partial charge in [-0.1, -0.05) is 25.5 Å². The van der Waals surface area contributed by atoms with Crippen LogP contribution in [0.3, 0.4) is 0 Å². The Hall–Kier alpha value is -3.51. The molecular weight excluding hydrogens is 478 g/mol. The Labute approximate surface area is 217 Å². The summed E-state index contributed by atoms with van der Waals surface area (Å²) in [5.74, 6) is -1.55. The highest BCUT2D eigenvalue weighted by Gasteiger charge is 2.26. The molecule has 1 aromatic carbocycles. The van der Waals surface area contributed by atoms with Gasteiger partial charge < -0.3 is 15.5 Å². The van der Waals surface area contributed by atoms with Crippen LogP contribution < -0.4 is 16.2 Å². The molecule has 0 aliphatic carbocycles. The third-order valence-electron chi connectivity index (χ3n) is 5.85. The van der Waals surface area contributed by atoms with E-state index in [0.717, 1.165) is 29.5 Å². The Morgan fingerprint density at radius 2 is 1.81 bits per heavy atom. The molecule has 1 unspecified atom stereocenters. The molecule has 5 N–H and O–H groups in total. The summed E-state index contributed by atoms with van der Waals surface area (Å²) in [5.41, 5.74) is 8.24. The number of nitrogens with one attached hydrogen (secondary N) is 3. The number of amidine groups is 1. The van der Waals surface area contributed by atoms with E-state index in [1.807, 2.05) is 48.8 Å². The first-order chi connectivity index (χ1) is 17.7. The molecule has 2 rings (SSSR count). The lowest BCUT2D eigenvalue weighted by molar-refractivity contribution is -0.144. The highest BCUT2D eigenvalue weighted by molar-refractivity contribution is 6.00. The van der Waals surface area contributed by atoms with Crippen LogP contribution in [0.1, 0.15) is 56.2 Å². The van der Waals surface area contributed by atoms with Gasteiger partial charge in [-0.05, 0) is 57.0 Å². The molecule has 0 spiro atoms. The summed E-state index contributed by atoms with van der Waals surface area (Å²) >= 11 is 0. The second kappa shape index (κ2) is 15.6. The largest absolute Gasteiger partial charge is 0.480 e. The van der Waals surface area contributed by atoms with Crippen LogP contribution in [-0.2, 0) is 20.9 Å². The second-order valence-corrected chi connectivity index (χ2v) is 9.04. The Morgan fingerprint density at radius 3 is 2.43 bits per heavy atom. The average Bonchev–Trinajstić information content (AvgIpc) is 2.85. The predicted octanol–water partition coefficient (Wildman–Crippen LogP) is 1.15. The van der Waals surface area contributed by atoms with Crippen molar-refractivity contribution in [2.75, 3.05) is 32.7 Å². The summed E-state index contributed by atoms with van der Waals surface area (Å²) in [7, 11) is 0. The number of amides is 1. The maximum absolute atomic E-state index is 12.6. The third-order valence-corrected chi connectivity index (χ3v) is 5.85. The van der Waals surface area contributed by atoms with Gasteiger partial charge in [0.05, 0.1) is 6.54 Å². The van der Waals surface area contributed by atoms with Gasteiger partial charge in [0.2, 0.25) is 5.91 Å². The summed E-state index contributed by atoms with van der Waals surface area (Å²) < 4.78 is 0. The van der Waals surface area contributed by atoms with Crippen LogP contribution in [0.5, 0.6) is 0 Å². The lowest BCUT2D eigenvalue weighted by atomic mass is 10.1. The van der Waals surface area contributed by atoms with Crippen LogP contribution >= 0.6 is 0 Å². The molecular formula is C25H39N7O5. The number of carboxylic acids is 2. The minimum Gasteiger partial charge on any atom is -0.480 e. The third kappa shape index (κ3) is 10.6. The molecule has 204 valence electrons. The van der Waals surface area contributed by atoms with Gasteiger partial charge in [-0.25, -0.2) is 0 Å². The molecule has 1 atom stereocenters. The van der Waals surface area contributed by atoms with E-state index in [0.29, 0.717) is 38.6 Å². The normalized spacial score (nSPS) is 13.6. The van der Waals surface area contributed by atoms with Crippen molar-refractivity contribution in [1.29, 1.82) is 0 Å². The standard InChI is InChI=1S/C25H39N7O5/c1-4-8-31(16-23(34)35)10-11-32(9-5-2)21(25(36)37)6-7-22(33)26-15-19-12-18(3)13-20(14-19)24-29-27-17-28-30-24/h12-14,17,21H,4-11,15-16H2,1-3H3,(H,26,33)(H,27,28)(H,29,30)(H,34,35)(H,36,37). The highest BCUT2D eigenvalue weighted by atomic mass is 16.4. The van der Waals surface area contributed by atoms with E-state index in [4.69, 9.17) is 5.11 Å². The van der Waals surface area contributed by atoms with E-state index < -0.39 is 18.0 Å². The van der Waals surface area contributed by atoms with E-state index in [9.17, 15) is 19.5 Å². The van der Waals surface area contributed by atoms with Gasteiger partial charge in [0, 0.05) is 31.6 Å². The molecule has 1 aliphatic rings. The summed E-state index contributed by atoms with van der Waals surface area (Å²) in [6, 6.07) is 5.00. The molecule has 0 aromatic heterocycles. The Bertz CT molecular complexity index is 982. The number of aliphatic carboxylic acids is 2. The molecule has 0 bridgehead atoms. The number of carboxylic acid groups (broad SMARTS) is 2. The molecule has 1 aliphatic heterocycles. The monoisotopic (exact) mass is 517 g/mol. The quantitative estimate of drug-likeness (QED) is 0.204. The minimum absolute atomic E-state index is 0.0660. The van der Waals surface area contributed by atoms with E-state index in [-0.39, 0.29) is 25.3 Å². The number of hydrogen-bond donors (Lipinski definition) is 5. The van der Waals surface area contributed by atoms with E-state index >= 15 is 0 Å². The van der Waals surface area contributed by atoms with E-state index in [1.165, 1.54) is 6.34 Å². The molecule has 12 nitrogen and oxygen atoms in total. The average molecular weight is 518 g/mol. The maximum atomic E-state index is 12.6. The van der Waals surface area contributed by atoms with E-state index in [2.05, 4.69) is 26.4 Å².